The topological polar surface area (TPSA) is 17.1 Å². The van der Waals surface area contributed by atoms with Crippen LogP contribution in [-0.2, 0) is 30.0 Å². The van der Waals surface area contributed by atoms with Crippen LogP contribution in [0, 0.1) is 0 Å². The van der Waals surface area contributed by atoms with E-state index in [1.165, 1.54) is 24.3 Å². The van der Waals surface area contributed by atoms with Gasteiger partial charge in [0.25, 0.3) is 0 Å². The molecule has 1 aliphatic carbocycles. The Labute approximate surface area is 265 Å². The van der Waals surface area contributed by atoms with Crippen molar-refractivity contribution in [3.8, 4) is 0 Å². The van der Waals surface area contributed by atoms with Crippen LogP contribution in [-0.4, -0.2) is 5.78 Å². The normalized spacial score (nSPS) is 14.0. The average molecular weight is 633 g/mol. The zero-order valence-corrected chi connectivity index (χ0v) is 25.7. The molecular formula is C39H34F6O. The number of unbranched alkanes of at least 4 members (excludes halogenated alkanes) is 2. The number of Topliss-reactive ketones (excluding diaryl/α,β-unsaturated/α-hetero) is 1. The molecule has 1 aliphatic rings. The first-order valence-corrected chi connectivity index (χ1v) is 15.5. The van der Waals surface area contributed by atoms with Gasteiger partial charge in [-0.05, 0) is 83.3 Å². The van der Waals surface area contributed by atoms with E-state index in [0.717, 1.165) is 73.9 Å². The predicted molar refractivity (Wildman–Crippen MR) is 172 cm³/mol. The number of hydrogen-bond donors (Lipinski definition) is 0. The van der Waals surface area contributed by atoms with E-state index in [-0.39, 0.29) is 11.1 Å². The number of rotatable bonds is 10. The van der Waals surface area contributed by atoms with Crippen molar-refractivity contribution in [3.05, 3.63) is 142 Å². The maximum atomic E-state index is 14.5. The van der Waals surface area contributed by atoms with Crippen LogP contribution < -0.4 is 0 Å². The second-order valence-corrected chi connectivity index (χ2v) is 11.6. The first kappa shape index (κ1) is 33.0. The third-order valence-corrected chi connectivity index (χ3v) is 8.33. The summed E-state index contributed by atoms with van der Waals surface area (Å²) in [6, 6.07) is 24.5. The van der Waals surface area contributed by atoms with E-state index in [4.69, 9.17) is 0 Å². The highest BCUT2D eigenvalue weighted by Crippen LogP contribution is 2.50. The molecule has 0 saturated carbocycles. The van der Waals surface area contributed by atoms with Crippen molar-refractivity contribution in [2.75, 3.05) is 0 Å². The van der Waals surface area contributed by atoms with E-state index in [2.05, 4.69) is 13.8 Å². The van der Waals surface area contributed by atoms with Gasteiger partial charge in [-0.1, -0.05) is 99.5 Å². The van der Waals surface area contributed by atoms with Crippen molar-refractivity contribution in [2.45, 2.75) is 64.7 Å². The van der Waals surface area contributed by atoms with Crippen molar-refractivity contribution in [1.29, 1.82) is 0 Å². The fraction of sp³-hybridized carbons (Fsp3) is 0.256. The Morgan fingerprint density at radius 1 is 0.435 bits per heavy atom. The fourth-order valence-electron chi connectivity index (χ4n) is 5.82. The number of carbonyl (C=O) groups is 1. The monoisotopic (exact) mass is 632 g/mol. The van der Waals surface area contributed by atoms with Gasteiger partial charge in [-0.3, -0.25) is 4.79 Å². The maximum Gasteiger partial charge on any atom is 0.416 e. The quantitative estimate of drug-likeness (QED) is 0.159. The number of allylic oxidation sites excluding steroid dienone is 4. The van der Waals surface area contributed by atoms with Crippen LogP contribution >= 0.6 is 0 Å². The summed E-state index contributed by atoms with van der Waals surface area (Å²) in [6.45, 7) is 4.21. The van der Waals surface area contributed by atoms with Gasteiger partial charge < -0.3 is 0 Å². The molecule has 4 aromatic rings. The average Bonchev–Trinajstić information content (AvgIpc) is 3.35. The zero-order valence-electron chi connectivity index (χ0n) is 25.7. The molecule has 4 aromatic carbocycles. The van der Waals surface area contributed by atoms with Gasteiger partial charge in [-0.15, -0.1) is 0 Å². The number of alkyl halides is 6. The molecule has 0 unspecified atom stereocenters. The Bertz CT molecular complexity index is 1610. The number of aryl methyl sites for hydroxylation is 2. The number of ketones is 1. The highest BCUT2D eigenvalue weighted by atomic mass is 19.4. The lowest BCUT2D eigenvalue weighted by Crippen LogP contribution is -2.07. The van der Waals surface area contributed by atoms with Crippen molar-refractivity contribution in [1.82, 2.24) is 0 Å². The summed E-state index contributed by atoms with van der Waals surface area (Å²) in [5, 5.41) is 0. The largest absolute Gasteiger partial charge is 0.416 e. The molecule has 0 atom stereocenters. The molecule has 0 aliphatic heterocycles. The van der Waals surface area contributed by atoms with Crippen molar-refractivity contribution in [3.63, 3.8) is 0 Å². The minimum absolute atomic E-state index is 0.204. The molecule has 0 saturated heterocycles. The van der Waals surface area contributed by atoms with E-state index in [1.54, 1.807) is 0 Å². The standard InChI is InChI=1S/C39H34F6O/c1-3-5-7-25-9-13-27(14-10-25)33-34(28-15-11-26(12-16-28)8-6-4-2)36(30-19-23-32(24-20-30)39(43,44)45)37(46)35(33)29-17-21-31(22-18-29)38(40,41)42/h9-24H,3-8H2,1-2H3. The molecule has 5 rings (SSSR count). The SMILES string of the molecule is CCCCc1ccc(C2=C(c3ccc(C(F)(F)F)cc3)C(=O)C(c3ccc(C(F)(F)F)cc3)=C2c2ccc(CCCC)cc2)cc1. The highest BCUT2D eigenvalue weighted by Gasteiger charge is 2.37. The molecule has 0 amide bonds. The maximum absolute atomic E-state index is 14.5. The highest BCUT2D eigenvalue weighted by molar-refractivity contribution is 6.59. The summed E-state index contributed by atoms with van der Waals surface area (Å²) in [5.41, 5.74) is 3.97. The summed E-state index contributed by atoms with van der Waals surface area (Å²) < 4.78 is 80.8. The second-order valence-electron chi connectivity index (χ2n) is 11.6. The summed E-state index contributed by atoms with van der Waals surface area (Å²) in [5.74, 6) is -0.463. The fourth-order valence-corrected chi connectivity index (χ4v) is 5.82. The van der Waals surface area contributed by atoms with E-state index >= 15 is 0 Å². The van der Waals surface area contributed by atoms with E-state index in [0.29, 0.717) is 33.4 Å². The number of hydrogen-bond acceptors (Lipinski definition) is 1. The first-order chi connectivity index (χ1) is 21.9. The molecule has 0 bridgehead atoms. The lowest BCUT2D eigenvalue weighted by atomic mass is 9.88. The van der Waals surface area contributed by atoms with Crippen molar-refractivity contribution >= 4 is 28.1 Å². The van der Waals surface area contributed by atoms with Crippen LogP contribution in [0.3, 0.4) is 0 Å². The molecule has 0 heterocycles. The molecule has 46 heavy (non-hydrogen) atoms. The van der Waals surface area contributed by atoms with Gasteiger partial charge >= 0.3 is 12.4 Å². The van der Waals surface area contributed by atoms with Crippen LogP contribution in [0.2, 0.25) is 0 Å². The van der Waals surface area contributed by atoms with Gasteiger partial charge in [-0.2, -0.15) is 26.3 Å². The third-order valence-electron chi connectivity index (χ3n) is 8.33. The van der Waals surface area contributed by atoms with Crippen molar-refractivity contribution < 1.29 is 31.1 Å². The van der Waals surface area contributed by atoms with Crippen LogP contribution in [0.5, 0.6) is 0 Å². The third kappa shape index (κ3) is 7.04. The Hall–Kier alpha value is -4.39. The van der Waals surface area contributed by atoms with Crippen molar-refractivity contribution in [2.24, 2.45) is 0 Å². The summed E-state index contributed by atoms with van der Waals surface area (Å²) in [7, 11) is 0. The zero-order chi connectivity index (χ0) is 33.1. The lowest BCUT2D eigenvalue weighted by molar-refractivity contribution is -0.138. The summed E-state index contributed by atoms with van der Waals surface area (Å²) in [4.78, 5) is 14.5. The van der Waals surface area contributed by atoms with E-state index < -0.39 is 29.3 Å². The van der Waals surface area contributed by atoms with E-state index in [1.807, 2.05) is 48.5 Å². The molecule has 0 spiro atoms. The van der Waals surface area contributed by atoms with Crippen LogP contribution in [0.25, 0.3) is 22.3 Å². The van der Waals surface area contributed by atoms with E-state index in [9.17, 15) is 31.1 Å². The molecule has 0 fully saturated rings. The van der Waals surface area contributed by atoms with Gasteiger partial charge in [0, 0.05) is 22.3 Å². The Balaban J connectivity index is 1.76. The smallest absolute Gasteiger partial charge is 0.289 e. The number of carbonyl (C=O) groups excluding carboxylic acids is 1. The molecule has 0 aromatic heterocycles. The summed E-state index contributed by atoms with van der Waals surface area (Å²) >= 11 is 0. The summed E-state index contributed by atoms with van der Waals surface area (Å²) in [6.07, 6.45) is -3.31. The molecular weight excluding hydrogens is 598 g/mol. The minimum atomic E-state index is -4.56. The molecule has 7 heteroatoms. The molecule has 0 N–H and O–H groups in total. The predicted octanol–water partition coefficient (Wildman–Crippen LogP) is 11.5. The van der Waals surface area contributed by atoms with Gasteiger partial charge in [0.05, 0.1) is 11.1 Å². The Kier molecular flexibility index (Phi) is 9.71. The number of halogens is 6. The van der Waals surface area contributed by atoms with Gasteiger partial charge in [0.15, 0.2) is 5.78 Å². The van der Waals surface area contributed by atoms with Crippen LogP contribution in [0.15, 0.2) is 97.1 Å². The lowest BCUT2D eigenvalue weighted by Gasteiger charge is -2.15. The molecule has 0 radical (unpaired) electrons. The minimum Gasteiger partial charge on any atom is -0.289 e. The molecule has 238 valence electrons. The van der Waals surface area contributed by atoms with Crippen LogP contribution in [0.4, 0.5) is 26.3 Å². The first-order valence-electron chi connectivity index (χ1n) is 15.5. The van der Waals surface area contributed by atoms with Gasteiger partial charge in [0.2, 0.25) is 0 Å². The van der Waals surface area contributed by atoms with Gasteiger partial charge in [0.1, 0.15) is 0 Å². The number of benzene rings is 4. The van der Waals surface area contributed by atoms with Gasteiger partial charge in [-0.25, -0.2) is 0 Å². The Morgan fingerprint density at radius 2 is 0.717 bits per heavy atom. The second kappa shape index (κ2) is 13.5. The Morgan fingerprint density at radius 3 is 1.00 bits per heavy atom. The van der Waals surface area contributed by atoms with Crippen LogP contribution in [0.1, 0.15) is 84.0 Å². The molecule has 1 nitrogen and oxygen atoms in total.